The van der Waals surface area contributed by atoms with Crippen LogP contribution in [0.5, 0.6) is 5.75 Å². The molecule has 2 heteroatoms. The molecule has 0 aliphatic heterocycles. The molecule has 0 aromatic heterocycles. The van der Waals surface area contributed by atoms with Crippen LogP contribution in [0, 0.1) is 5.92 Å². The Bertz CT molecular complexity index is 358. The summed E-state index contributed by atoms with van der Waals surface area (Å²) in [5.41, 5.74) is 1.31. The average molecular weight is 247 g/mol. The highest BCUT2D eigenvalue weighted by Crippen LogP contribution is 2.27. The molecule has 0 unspecified atom stereocenters. The molecule has 2 nitrogen and oxygen atoms in total. The summed E-state index contributed by atoms with van der Waals surface area (Å²) in [7, 11) is 1.72. The molecule has 1 aliphatic rings. The second kappa shape index (κ2) is 6.79. The molecule has 1 saturated carbocycles. The van der Waals surface area contributed by atoms with Gasteiger partial charge in [0.2, 0.25) is 0 Å². The van der Waals surface area contributed by atoms with E-state index in [1.807, 2.05) is 6.07 Å². The van der Waals surface area contributed by atoms with Crippen LogP contribution in [0.1, 0.15) is 50.6 Å². The first-order valence-corrected chi connectivity index (χ1v) is 7.17. The third-order valence-corrected chi connectivity index (χ3v) is 4.07. The first-order valence-electron chi connectivity index (χ1n) is 7.17. The van der Waals surface area contributed by atoms with E-state index in [9.17, 15) is 0 Å². The van der Waals surface area contributed by atoms with Gasteiger partial charge in [-0.1, -0.05) is 37.8 Å². The Kier molecular flexibility index (Phi) is 5.06. The lowest BCUT2D eigenvalue weighted by Crippen LogP contribution is -2.21. The smallest absolute Gasteiger partial charge is 0.119 e. The van der Waals surface area contributed by atoms with Crippen molar-refractivity contribution in [3.05, 3.63) is 29.8 Å². The minimum absolute atomic E-state index is 0.404. The Hall–Kier alpha value is -1.02. The van der Waals surface area contributed by atoms with Crippen LogP contribution >= 0.6 is 0 Å². The second-order valence-corrected chi connectivity index (χ2v) is 5.39. The number of benzene rings is 1. The molecule has 1 aromatic rings. The quantitative estimate of drug-likeness (QED) is 0.822. The molecule has 18 heavy (non-hydrogen) atoms. The van der Waals surface area contributed by atoms with Crippen molar-refractivity contribution in [1.29, 1.82) is 0 Å². The van der Waals surface area contributed by atoms with Crippen LogP contribution in [0.25, 0.3) is 0 Å². The van der Waals surface area contributed by atoms with Crippen molar-refractivity contribution in [1.82, 2.24) is 5.32 Å². The third kappa shape index (κ3) is 3.74. The maximum absolute atomic E-state index is 5.26. The summed E-state index contributed by atoms with van der Waals surface area (Å²) in [6.07, 6.45) is 7.09. The number of methoxy groups -OCH3 is 1. The van der Waals surface area contributed by atoms with E-state index in [0.717, 1.165) is 18.2 Å². The summed E-state index contributed by atoms with van der Waals surface area (Å²) >= 11 is 0. The molecule has 0 spiro atoms. The molecule has 1 fully saturated rings. The predicted molar refractivity (Wildman–Crippen MR) is 76.0 cm³/mol. The standard InChI is InChI=1S/C16H25NO/c1-13(15-8-5-9-16(12-15)18-2)17-11-10-14-6-3-4-7-14/h5,8-9,12-14,17H,3-4,6-7,10-11H2,1-2H3/t13-/m0/s1. The number of rotatable bonds is 6. The summed E-state index contributed by atoms with van der Waals surface area (Å²) in [5.74, 6) is 1.91. The van der Waals surface area contributed by atoms with Crippen molar-refractivity contribution in [3.8, 4) is 5.75 Å². The lowest BCUT2D eigenvalue weighted by Gasteiger charge is -2.16. The summed E-state index contributed by atoms with van der Waals surface area (Å²) < 4.78 is 5.26. The molecule has 0 heterocycles. The van der Waals surface area contributed by atoms with Crippen molar-refractivity contribution in [3.63, 3.8) is 0 Å². The van der Waals surface area contributed by atoms with E-state index < -0.39 is 0 Å². The lowest BCUT2D eigenvalue weighted by atomic mass is 10.0. The molecule has 1 N–H and O–H groups in total. The lowest BCUT2D eigenvalue weighted by molar-refractivity contribution is 0.412. The highest BCUT2D eigenvalue weighted by atomic mass is 16.5. The molecule has 2 rings (SSSR count). The van der Waals surface area contributed by atoms with Gasteiger partial charge in [-0.05, 0) is 43.5 Å². The van der Waals surface area contributed by atoms with Crippen LogP contribution in [0.4, 0.5) is 0 Å². The van der Waals surface area contributed by atoms with Gasteiger partial charge in [-0.2, -0.15) is 0 Å². The third-order valence-electron chi connectivity index (χ3n) is 4.07. The van der Waals surface area contributed by atoms with Crippen LogP contribution in [-0.4, -0.2) is 13.7 Å². The number of hydrogen-bond acceptors (Lipinski definition) is 2. The van der Waals surface area contributed by atoms with Gasteiger partial charge in [-0.3, -0.25) is 0 Å². The molecule has 1 aliphatic carbocycles. The fourth-order valence-electron chi connectivity index (χ4n) is 2.83. The van der Waals surface area contributed by atoms with Gasteiger partial charge < -0.3 is 10.1 Å². The maximum atomic E-state index is 5.26. The fourth-order valence-corrected chi connectivity index (χ4v) is 2.83. The van der Waals surface area contributed by atoms with Gasteiger partial charge >= 0.3 is 0 Å². The first-order chi connectivity index (χ1) is 8.79. The van der Waals surface area contributed by atoms with E-state index in [1.165, 1.54) is 37.7 Å². The topological polar surface area (TPSA) is 21.3 Å². The fraction of sp³-hybridized carbons (Fsp3) is 0.625. The van der Waals surface area contributed by atoms with E-state index >= 15 is 0 Å². The second-order valence-electron chi connectivity index (χ2n) is 5.39. The van der Waals surface area contributed by atoms with Gasteiger partial charge in [0, 0.05) is 6.04 Å². The molecule has 0 bridgehead atoms. The monoisotopic (exact) mass is 247 g/mol. The minimum atomic E-state index is 0.404. The number of hydrogen-bond donors (Lipinski definition) is 1. The first kappa shape index (κ1) is 13.4. The van der Waals surface area contributed by atoms with Crippen LogP contribution < -0.4 is 10.1 Å². The van der Waals surface area contributed by atoms with Crippen LogP contribution in [0.3, 0.4) is 0 Å². The normalized spacial score (nSPS) is 17.9. The summed E-state index contributed by atoms with van der Waals surface area (Å²) in [6.45, 7) is 3.35. The van der Waals surface area contributed by atoms with Crippen molar-refractivity contribution in [2.75, 3.05) is 13.7 Å². The molecule has 0 saturated heterocycles. The average Bonchev–Trinajstić information content (AvgIpc) is 2.92. The van der Waals surface area contributed by atoms with Crippen LogP contribution in [-0.2, 0) is 0 Å². The van der Waals surface area contributed by atoms with Crippen molar-refractivity contribution < 1.29 is 4.74 Å². The van der Waals surface area contributed by atoms with Gasteiger partial charge in [0.1, 0.15) is 5.75 Å². The van der Waals surface area contributed by atoms with Crippen molar-refractivity contribution >= 4 is 0 Å². The molecule has 0 radical (unpaired) electrons. The zero-order valence-electron chi connectivity index (χ0n) is 11.6. The Labute approximate surface area is 111 Å². The Balaban J connectivity index is 1.77. The zero-order chi connectivity index (χ0) is 12.8. The van der Waals surface area contributed by atoms with Crippen LogP contribution in [0.2, 0.25) is 0 Å². The predicted octanol–water partition coefficient (Wildman–Crippen LogP) is 3.93. The molecule has 1 atom stereocenters. The summed E-state index contributed by atoms with van der Waals surface area (Å²) in [4.78, 5) is 0. The van der Waals surface area contributed by atoms with Gasteiger partial charge in [-0.25, -0.2) is 0 Å². The summed E-state index contributed by atoms with van der Waals surface area (Å²) in [5, 5.41) is 3.62. The van der Waals surface area contributed by atoms with Gasteiger partial charge in [0.05, 0.1) is 7.11 Å². The van der Waals surface area contributed by atoms with E-state index in [-0.39, 0.29) is 0 Å². The highest BCUT2D eigenvalue weighted by molar-refractivity contribution is 5.30. The van der Waals surface area contributed by atoms with Crippen molar-refractivity contribution in [2.45, 2.75) is 45.1 Å². The minimum Gasteiger partial charge on any atom is -0.497 e. The van der Waals surface area contributed by atoms with E-state index in [0.29, 0.717) is 6.04 Å². The Morgan fingerprint density at radius 1 is 1.33 bits per heavy atom. The SMILES string of the molecule is COc1cccc([C@H](C)NCCC2CCCC2)c1. The van der Waals surface area contributed by atoms with E-state index in [1.54, 1.807) is 7.11 Å². The van der Waals surface area contributed by atoms with E-state index in [4.69, 9.17) is 4.74 Å². The Morgan fingerprint density at radius 3 is 2.83 bits per heavy atom. The van der Waals surface area contributed by atoms with E-state index in [2.05, 4.69) is 30.4 Å². The largest absolute Gasteiger partial charge is 0.497 e. The van der Waals surface area contributed by atoms with Gasteiger partial charge in [0.25, 0.3) is 0 Å². The maximum Gasteiger partial charge on any atom is 0.119 e. The zero-order valence-corrected chi connectivity index (χ0v) is 11.6. The number of nitrogens with one attached hydrogen (secondary N) is 1. The molecular formula is C16H25NO. The summed E-state index contributed by atoms with van der Waals surface area (Å²) in [6, 6.07) is 8.74. The Morgan fingerprint density at radius 2 is 2.11 bits per heavy atom. The highest BCUT2D eigenvalue weighted by Gasteiger charge is 2.14. The molecule has 100 valence electrons. The van der Waals surface area contributed by atoms with Gasteiger partial charge in [0.15, 0.2) is 0 Å². The molecule has 1 aromatic carbocycles. The van der Waals surface area contributed by atoms with Gasteiger partial charge in [-0.15, -0.1) is 0 Å². The molecule has 0 amide bonds. The van der Waals surface area contributed by atoms with Crippen LogP contribution in [0.15, 0.2) is 24.3 Å². The molecular weight excluding hydrogens is 222 g/mol. The van der Waals surface area contributed by atoms with Crippen molar-refractivity contribution in [2.24, 2.45) is 5.92 Å². The number of ether oxygens (including phenoxy) is 1.